The van der Waals surface area contributed by atoms with Crippen LogP contribution in [0.25, 0.3) is 5.65 Å². The lowest BCUT2D eigenvalue weighted by Crippen LogP contribution is -2.02. The molecule has 0 saturated heterocycles. The molecule has 0 aliphatic carbocycles. The number of rotatable bonds is 0. The quantitative estimate of drug-likeness (QED) is 0.479. The zero-order chi connectivity index (χ0) is 7.84. The van der Waals surface area contributed by atoms with Gasteiger partial charge in [0.1, 0.15) is 13.7 Å². The summed E-state index contributed by atoms with van der Waals surface area (Å²) in [5.41, 5.74) is 1.51. The zero-order valence-corrected chi connectivity index (χ0v) is 6.15. The van der Waals surface area contributed by atoms with Gasteiger partial charge in [0.05, 0.1) is 0 Å². The SMILES string of the molecule is [B]c1ccn2c(C)nnc2c1. The minimum atomic E-state index is 0.713. The van der Waals surface area contributed by atoms with Gasteiger partial charge < -0.3 is 0 Å². The molecule has 0 fully saturated rings. The first-order valence-electron chi connectivity index (χ1n) is 3.34. The van der Waals surface area contributed by atoms with E-state index >= 15 is 0 Å². The lowest BCUT2D eigenvalue weighted by atomic mass is 9.98. The minimum Gasteiger partial charge on any atom is -0.287 e. The molecular formula is C7H6BN3. The highest BCUT2D eigenvalue weighted by molar-refractivity contribution is 6.32. The van der Waals surface area contributed by atoms with E-state index in [1.165, 1.54) is 0 Å². The van der Waals surface area contributed by atoms with Crippen molar-refractivity contribution in [3.8, 4) is 0 Å². The summed E-state index contributed by atoms with van der Waals surface area (Å²) in [6, 6.07) is 3.61. The van der Waals surface area contributed by atoms with Gasteiger partial charge in [0.15, 0.2) is 5.65 Å². The van der Waals surface area contributed by atoms with Gasteiger partial charge >= 0.3 is 0 Å². The summed E-state index contributed by atoms with van der Waals surface area (Å²) in [5.74, 6) is 0.875. The average Bonchev–Trinajstić information content (AvgIpc) is 2.32. The van der Waals surface area contributed by atoms with Crippen LogP contribution in [0.5, 0.6) is 0 Å². The van der Waals surface area contributed by atoms with Crippen molar-refractivity contribution >= 4 is 19.0 Å². The van der Waals surface area contributed by atoms with Crippen molar-refractivity contribution in [1.29, 1.82) is 0 Å². The fraction of sp³-hybridized carbons (Fsp3) is 0.143. The van der Waals surface area contributed by atoms with E-state index in [0.717, 1.165) is 11.5 Å². The summed E-state index contributed by atoms with van der Waals surface area (Å²) in [5, 5.41) is 7.81. The highest BCUT2D eigenvalue weighted by Gasteiger charge is 1.97. The number of pyridine rings is 1. The molecule has 0 N–H and O–H groups in total. The van der Waals surface area contributed by atoms with Crippen molar-refractivity contribution in [2.75, 3.05) is 0 Å². The molecule has 0 aromatic carbocycles. The summed E-state index contributed by atoms with van der Waals surface area (Å²) in [7, 11) is 5.55. The van der Waals surface area contributed by atoms with E-state index in [4.69, 9.17) is 7.85 Å². The topological polar surface area (TPSA) is 30.2 Å². The molecule has 2 aromatic heterocycles. The van der Waals surface area contributed by atoms with Gasteiger partial charge in [-0.15, -0.1) is 10.2 Å². The molecule has 0 aliphatic rings. The van der Waals surface area contributed by atoms with Gasteiger partial charge in [0, 0.05) is 6.20 Å². The molecule has 0 unspecified atom stereocenters. The van der Waals surface area contributed by atoms with Crippen LogP contribution in [0.2, 0.25) is 0 Å². The van der Waals surface area contributed by atoms with Gasteiger partial charge in [-0.1, -0.05) is 11.5 Å². The second-order valence-corrected chi connectivity index (χ2v) is 2.44. The van der Waals surface area contributed by atoms with Crippen molar-refractivity contribution in [3.05, 3.63) is 24.2 Å². The maximum atomic E-state index is 5.55. The van der Waals surface area contributed by atoms with Gasteiger partial charge in [-0.3, -0.25) is 4.40 Å². The Morgan fingerprint density at radius 1 is 1.45 bits per heavy atom. The molecule has 2 aromatic rings. The predicted molar refractivity (Wildman–Crippen MR) is 43.1 cm³/mol. The van der Waals surface area contributed by atoms with Crippen LogP contribution < -0.4 is 5.46 Å². The summed E-state index contributed by atoms with van der Waals surface area (Å²) in [6.07, 6.45) is 1.86. The third kappa shape index (κ3) is 0.907. The highest BCUT2D eigenvalue weighted by atomic mass is 15.2. The molecule has 11 heavy (non-hydrogen) atoms. The third-order valence-corrected chi connectivity index (χ3v) is 1.60. The lowest BCUT2D eigenvalue weighted by Gasteiger charge is -1.94. The Morgan fingerprint density at radius 2 is 2.27 bits per heavy atom. The molecule has 2 radical (unpaired) electrons. The van der Waals surface area contributed by atoms with E-state index in [2.05, 4.69) is 10.2 Å². The van der Waals surface area contributed by atoms with Crippen LogP contribution >= 0.6 is 0 Å². The van der Waals surface area contributed by atoms with E-state index in [-0.39, 0.29) is 0 Å². The molecule has 0 saturated carbocycles. The number of nitrogens with zero attached hydrogens (tertiary/aromatic N) is 3. The molecular weight excluding hydrogens is 137 g/mol. The van der Waals surface area contributed by atoms with Gasteiger partial charge in [0.2, 0.25) is 0 Å². The number of aromatic nitrogens is 3. The van der Waals surface area contributed by atoms with Crippen LogP contribution in [0.3, 0.4) is 0 Å². The van der Waals surface area contributed by atoms with E-state index in [1.807, 2.05) is 23.6 Å². The first kappa shape index (κ1) is 6.40. The van der Waals surface area contributed by atoms with Crippen LogP contribution in [0, 0.1) is 6.92 Å². The standard InChI is InChI=1S/C7H6BN3/c1-5-9-10-7-4-6(8)2-3-11(5)7/h2-4H,1H3. The van der Waals surface area contributed by atoms with E-state index in [1.54, 1.807) is 6.07 Å². The molecule has 4 heteroatoms. The Hall–Kier alpha value is -1.32. The van der Waals surface area contributed by atoms with Crippen molar-refractivity contribution in [3.63, 3.8) is 0 Å². The Morgan fingerprint density at radius 3 is 3.09 bits per heavy atom. The molecule has 2 rings (SSSR count). The summed E-state index contributed by atoms with van der Waals surface area (Å²) < 4.78 is 1.89. The fourth-order valence-electron chi connectivity index (χ4n) is 1.03. The Balaban J connectivity index is 2.86. The Kier molecular flexibility index (Phi) is 1.21. The van der Waals surface area contributed by atoms with Gasteiger partial charge in [-0.05, 0) is 13.0 Å². The number of hydrogen-bond donors (Lipinski definition) is 0. The molecule has 52 valence electrons. The van der Waals surface area contributed by atoms with Crippen molar-refractivity contribution < 1.29 is 0 Å². The molecule has 0 bridgehead atoms. The number of hydrogen-bond acceptors (Lipinski definition) is 2. The van der Waals surface area contributed by atoms with Crippen molar-refractivity contribution in [2.45, 2.75) is 6.92 Å². The molecule has 3 nitrogen and oxygen atoms in total. The average molecular weight is 143 g/mol. The summed E-state index contributed by atoms with van der Waals surface area (Å²) in [4.78, 5) is 0. The van der Waals surface area contributed by atoms with Crippen LogP contribution in [-0.4, -0.2) is 22.4 Å². The Bertz CT molecular complexity index is 393. The highest BCUT2D eigenvalue weighted by Crippen LogP contribution is 1.98. The van der Waals surface area contributed by atoms with Gasteiger partial charge in [-0.2, -0.15) is 0 Å². The van der Waals surface area contributed by atoms with E-state index in [0.29, 0.717) is 5.46 Å². The molecule has 0 atom stereocenters. The van der Waals surface area contributed by atoms with Gasteiger partial charge in [0.25, 0.3) is 0 Å². The third-order valence-electron chi connectivity index (χ3n) is 1.60. The lowest BCUT2D eigenvalue weighted by molar-refractivity contribution is 1.01. The van der Waals surface area contributed by atoms with Crippen LogP contribution in [0.15, 0.2) is 18.3 Å². The fourth-order valence-corrected chi connectivity index (χ4v) is 1.03. The summed E-state index contributed by atoms with van der Waals surface area (Å²) >= 11 is 0. The molecule has 0 amide bonds. The number of fused-ring (bicyclic) bond motifs is 1. The van der Waals surface area contributed by atoms with Gasteiger partial charge in [-0.25, -0.2) is 0 Å². The predicted octanol–water partition coefficient (Wildman–Crippen LogP) is -0.168. The van der Waals surface area contributed by atoms with E-state index in [9.17, 15) is 0 Å². The zero-order valence-electron chi connectivity index (χ0n) is 6.15. The van der Waals surface area contributed by atoms with E-state index < -0.39 is 0 Å². The monoisotopic (exact) mass is 143 g/mol. The summed E-state index contributed by atoms with van der Waals surface area (Å²) in [6.45, 7) is 1.90. The first-order valence-corrected chi connectivity index (χ1v) is 3.34. The van der Waals surface area contributed by atoms with Crippen LogP contribution in [-0.2, 0) is 0 Å². The molecule has 0 spiro atoms. The number of aryl methyl sites for hydroxylation is 1. The minimum absolute atomic E-state index is 0.713. The van der Waals surface area contributed by atoms with Crippen LogP contribution in [0.1, 0.15) is 5.82 Å². The normalized spacial score (nSPS) is 10.6. The van der Waals surface area contributed by atoms with Crippen LogP contribution in [0.4, 0.5) is 0 Å². The molecule has 2 heterocycles. The second-order valence-electron chi connectivity index (χ2n) is 2.44. The molecule has 0 aliphatic heterocycles. The first-order chi connectivity index (χ1) is 5.27. The smallest absolute Gasteiger partial charge is 0.160 e. The maximum Gasteiger partial charge on any atom is 0.160 e. The maximum absolute atomic E-state index is 5.55. The van der Waals surface area contributed by atoms with Crippen molar-refractivity contribution in [2.24, 2.45) is 0 Å². The second kappa shape index (κ2) is 2.08. The largest absolute Gasteiger partial charge is 0.287 e. The Labute approximate surface area is 65.5 Å². The van der Waals surface area contributed by atoms with Crippen molar-refractivity contribution in [1.82, 2.24) is 14.6 Å².